The first-order valence-electron chi connectivity index (χ1n) is 7.42. The lowest BCUT2D eigenvalue weighted by Crippen LogP contribution is -2.35. The van der Waals surface area contributed by atoms with Crippen molar-refractivity contribution in [1.82, 2.24) is 14.9 Å². The van der Waals surface area contributed by atoms with E-state index in [0.717, 1.165) is 23.6 Å². The molecule has 1 aliphatic rings. The van der Waals surface area contributed by atoms with Crippen molar-refractivity contribution < 1.29 is 9.47 Å². The number of nitrogens with two attached hydrogens (primary N) is 1. The Labute approximate surface area is 134 Å². The van der Waals surface area contributed by atoms with Crippen molar-refractivity contribution in [3.63, 3.8) is 0 Å². The van der Waals surface area contributed by atoms with E-state index in [1.165, 1.54) is 0 Å². The van der Waals surface area contributed by atoms with Gasteiger partial charge in [-0.15, -0.1) is 0 Å². The molecule has 23 heavy (non-hydrogen) atoms. The summed E-state index contributed by atoms with van der Waals surface area (Å²) >= 11 is 0. The van der Waals surface area contributed by atoms with Crippen LogP contribution >= 0.6 is 0 Å². The topological polar surface area (TPSA) is 93.5 Å². The fourth-order valence-corrected chi connectivity index (χ4v) is 2.95. The number of anilines is 1. The maximum atomic E-state index is 12.1. The highest BCUT2D eigenvalue weighted by molar-refractivity contribution is 5.46. The molecule has 0 aliphatic carbocycles. The van der Waals surface area contributed by atoms with Gasteiger partial charge in [-0.05, 0) is 6.07 Å². The molecule has 0 spiro atoms. The lowest BCUT2D eigenvalue weighted by Gasteiger charge is -2.28. The van der Waals surface area contributed by atoms with Crippen LogP contribution in [0.2, 0.25) is 0 Å². The molecular formula is C16H20N4O3. The molecule has 0 unspecified atom stereocenters. The molecule has 1 aromatic heterocycles. The van der Waals surface area contributed by atoms with E-state index in [2.05, 4.69) is 14.9 Å². The van der Waals surface area contributed by atoms with Crippen molar-refractivity contribution in [2.75, 3.05) is 26.5 Å². The van der Waals surface area contributed by atoms with Crippen molar-refractivity contribution in [3.8, 4) is 11.5 Å². The summed E-state index contributed by atoms with van der Waals surface area (Å²) in [6.07, 6.45) is 0.704. The molecule has 122 valence electrons. The van der Waals surface area contributed by atoms with Crippen LogP contribution in [0.4, 0.5) is 5.95 Å². The van der Waals surface area contributed by atoms with E-state index in [9.17, 15) is 4.79 Å². The number of nitrogens with zero attached hydrogens (tertiary/aromatic N) is 2. The third kappa shape index (κ3) is 3.00. The lowest BCUT2D eigenvalue weighted by molar-refractivity contribution is 0.237. The molecule has 3 N–H and O–H groups in total. The standard InChI is InChI=1S/C16H20N4O3/c1-22-13-5-3-4-10(14(13)23-2)8-20-7-6-12-11(9-20)15(21)19-16(17)18-12/h3-5H,6-9H2,1-2H3,(H3,17,18,19,21). The Bertz CT molecular complexity index is 772. The second kappa shape index (κ2) is 6.29. The minimum absolute atomic E-state index is 0.158. The van der Waals surface area contributed by atoms with Gasteiger partial charge in [0.1, 0.15) is 0 Å². The Morgan fingerprint density at radius 2 is 2.17 bits per heavy atom. The number of nitrogens with one attached hydrogen (secondary N) is 1. The molecule has 3 rings (SSSR count). The minimum Gasteiger partial charge on any atom is -0.493 e. The highest BCUT2D eigenvalue weighted by atomic mass is 16.5. The van der Waals surface area contributed by atoms with Gasteiger partial charge in [-0.2, -0.15) is 0 Å². The van der Waals surface area contributed by atoms with Crippen molar-refractivity contribution in [2.45, 2.75) is 19.5 Å². The van der Waals surface area contributed by atoms with E-state index < -0.39 is 0 Å². The molecule has 7 heteroatoms. The highest BCUT2D eigenvalue weighted by Crippen LogP contribution is 2.32. The van der Waals surface area contributed by atoms with Gasteiger partial charge in [0, 0.05) is 31.6 Å². The summed E-state index contributed by atoms with van der Waals surface area (Å²) in [7, 11) is 3.25. The summed E-state index contributed by atoms with van der Waals surface area (Å²) < 4.78 is 10.8. The van der Waals surface area contributed by atoms with Gasteiger partial charge < -0.3 is 15.2 Å². The predicted molar refractivity (Wildman–Crippen MR) is 86.6 cm³/mol. The number of nitrogen functional groups attached to an aromatic ring is 1. The zero-order valence-electron chi connectivity index (χ0n) is 13.3. The van der Waals surface area contributed by atoms with Crippen LogP contribution in [0.3, 0.4) is 0 Å². The molecule has 0 radical (unpaired) electrons. The number of methoxy groups -OCH3 is 2. The molecule has 0 bridgehead atoms. The zero-order chi connectivity index (χ0) is 16.4. The smallest absolute Gasteiger partial charge is 0.257 e. The van der Waals surface area contributed by atoms with Crippen molar-refractivity contribution in [1.29, 1.82) is 0 Å². The third-order valence-corrected chi connectivity index (χ3v) is 4.04. The fourth-order valence-electron chi connectivity index (χ4n) is 2.95. The Hall–Kier alpha value is -2.54. The van der Waals surface area contributed by atoms with Crippen LogP contribution in [0, 0.1) is 0 Å². The number of aromatic nitrogens is 2. The van der Waals surface area contributed by atoms with E-state index in [1.807, 2.05) is 18.2 Å². The summed E-state index contributed by atoms with van der Waals surface area (Å²) in [5, 5.41) is 0. The van der Waals surface area contributed by atoms with E-state index in [4.69, 9.17) is 15.2 Å². The first kappa shape index (κ1) is 15.4. The largest absolute Gasteiger partial charge is 0.493 e. The number of H-pyrrole nitrogens is 1. The Morgan fingerprint density at radius 1 is 1.35 bits per heavy atom. The fraction of sp³-hybridized carbons (Fsp3) is 0.375. The highest BCUT2D eigenvalue weighted by Gasteiger charge is 2.22. The first-order chi connectivity index (χ1) is 11.1. The number of para-hydroxylation sites is 1. The van der Waals surface area contributed by atoms with Gasteiger partial charge in [-0.25, -0.2) is 4.98 Å². The van der Waals surface area contributed by atoms with Crippen LogP contribution in [0.15, 0.2) is 23.0 Å². The molecule has 1 aromatic carbocycles. The van der Waals surface area contributed by atoms with E-state index in [-0.39, 0.29) is 11.5 Å². The number of benzene rings is 1. The number of aromatic amines is 1. The summed E-state index contributed by atoms with van der Waals surface area (Å²) in [5.74, 6) is 1.61. The Kier molecular flexibility index (Phi) is 4.20. The van der Waals surface area contributed by atoms with Gasteiger partial charge >= 0.3 is 0 Å². The van der Waals surface area contributed by atoms with Gasteiger partial charge in [0.15, 0.2) is 11.5 Å². The van der Waals surface area contributed by atoms with Gasteiger partial charge in [0.05, 0.1) is 25.5 Å². The molecule has 2 heterocycles. The number of fused-ring (bicyclic) bond motifs is 1. The molecule has 0 amide bonds. The summed E-state index contributed by atoms with van der Waals surface area (Å²) in [4.78, 5) is 21.0. The summed E-state index contributed by atoms with van der Waals surface area (Å²) in [5.41, 5.74) is 7.94. The quantitative estimate of drug-likeness (QED) is 0.871. The minimum atomic E-state index is -0.158. The van der Waals surface area contributed by atoms with E-state index in [1.54, 1.807) is 14.2 Å². The Balaban J connectivity index is 1.84. The molecule has 0 fully saturated rings. The molecule has 0 saturated heterocycles. The van der Waals surface area contributed by atoms with Crippen LogP contribution in [0.25, 0.3) is 0 Å². The zero-order valence-corrected chi connectivity index (χ0v) is 13.3. The maximum Gasteiger partial charge on any atom is 0.257 e. The van der Waals surface area contributed by atoms with Gasteiger partial charge in [-0.1, -0.05) is 12.1 Å². The van der Waals surface area contributed by atoms with Crippen LogP contribution in [-0.4, -0.2) is 35.6 Å². The van der Waals surface area contributed by atoms with Crippen molar-refractivity contribution >= 4 is 5.95 Å². The van der Waals surface area contributed by atoms with Gasteiger partial charge in [0.2, 0.25) is 5.95 Å². The summed E-state index contributed by atoms with van der Waals surface area (Å²) in [6, 6.07) is 5.80. The van der Waals surface area contributed by atoms with Gasteiger partial charge in [-0.3, -0.25) is 14.7 Å². The molecule has 2 aromatic rings. The average molecular weight is 316 g/mol. The molecule has 1 aliphatic heterocycles. The molecule has 0 saturated carbocycles. The second-order valence-electron chi connectivity index (χ2n) is 5.49. The normalized spacial score (nSPS) is 14.3. The van der Waals surface area contributed by atoms with Crippen molar-refractivity contribution in [3.05, 3.63) is 45.4 Å². The number of rotatable bonds is 4. The van der Waals surface area contributed by atoms with Crippen LogP contribution in [0.1, 0.15) is 16.8 Å². The monoisotopic (exact) mass is 316 g/mol. The van der Waals surface area contributed by atoms with Crippen LogP contribution in [-0.2, 0) is 19.5 Å². The third-order valence-electron chi connectivity index (χ3n) is 4.04. The van der Waals surface area contributed by atoms with Crippen molar-refractivity contribution in [2.24, 2.45) is 0 Å². The molecule has 0 atom stereocenters. The Morgan fingerprint density at radius 3 is 2.91 bits per heavy atom. The molecule has 7 nitrogen and oxygen atoms in total. The first-order valence-corrected chi connectivity index (χ1v) is 7.42. The average Bonchev–Trinajstić information content (AvgIpc) is 2.55. The van der Waals surface area contributed by atoms with E-state index in [0.29, 0.717) is 30.8 Å². The summed E-state index contributed by atoms with van der Waals surface area (Å²) in [6.45, 7) is 2.02. The van der Waals surface area contributed by atoms with Gasteiger partial charge in [0.25, 0.3) is 5.56 Å². The van der Waals surface area contributed by atoms with Crippen LogP contribution in [0.5, 0.6) is 11.5 Å². The second-order valence-corrected chi connectivity index (χ2v) is 5.49. The van der Waals surface area contributed by atoms with Crippen LogP contribution < -0.4 is 20.8 Å². The molecular weight excluding hydrogens is 296 g/mol. The number of hydrogen-bond acceptors (Lipinski definition) is 6. The lowest BCUT2D eigenvalue weighted by atomic mass is 10.1. The van der Waals surface area contributed by atoms with E-state index >= 15 is 0 Å². The SMILES string of the molecule is COc1cccc(CN2CCc3nc(N)[nH]c(=O)c3C2)c1OC. The predicted octanol–water partition coefficient (Wildman–Crippen LogP) is 0.928. The number of ether oxygens (including phenoxy) is 2. The number of hydrogen-bond donors (Lipinski definition) is 2. The maximum absolute atomic E-state index is 12.1.